The van der Waals surface area contributed by atoms with Crippen LogP contribution in [0.4, 0.5) is 0 Å². The summed E-state index contributed by atoms with van der Waals surface area (Å²) in [6.07, 6.45) is 1.72. The molecule has 2 rings (SSSR count). The van der Waals surface area contributed by atoms with E-state index in [1.54, 1.807) is 6.33 Å². The lowest BCUT2D eigenvalue weighted by Gasteiger charge is -2.13. The van der Waals surface area contributed by atoms with E-state index in [4.69, 9.17) is 0 Å². The fraction of sp³-hybridized carbons (Fsp3) is 0.500. The van der Waals surface area contributed by atoms with Crippen LogP contribution in [0.25, 0.3) is 0 Å². The van der Waals surface area contributed by atoms with E-state index in [2.05, 4.69) is 42.4 Å². The Hall–Kier alpha value is -1.20. The van der Waals surface area contributed by atoms with E-state index in [0.29, 0.717) is 6.04 Å². The minimum atomic E-state index is 0.344. The zero-order chi connectivity index (χ0) is 12.4. The first-order valence-electron chi connectivity index (χ1n) is 5.71. The largest absolute Gasteiger partial charge is 0.320 e. The van der Waals surface area contributed by atoms with Crippen molar-refractivity contribution in [2.75, 3.05) is 0 Å². The Morgan fingerprint density at radius 3 is 2.76 bits per heavy atom. The lowest BCUT2D eigenvalue weighted by molar-refractivity contribution is 0.547. The van der Waals surface area contributed by atoms with Gasteiger partial charge in [-0.1, -0.05) is 0 Å². The number of aromatic nitrogens is 3. The Morgan fingerprint density at radius 2 is 2.24 bits per heavy atom. The Morgan fingerprint density at radius 1 is 1.47 bits per heavy atom. The molecule has 0 amide bonds. The third-order valence-corrected chi connectivity index (χ3v) is 3.90. The molecule has 1 unspecified atom stereocenters. The van der Waals surface area contributed by atoms with Gasteiger partial charge in [0.25, 0.3) is 0 Å². The molecule has 0 aromatic carbocycles. The van der Waals surface area contributed by atoms with Gasteiger partial charge in [-0.2, -0.15) is 0 Å². The summed E-state index contributed by atoms with van der Waals surface area (Å²) < 4.78 is 1.94. The van der Waals surface area contributed by atoms with Crippen molar-refractivity contribution in [1.29, 1.82) is 0 Å². The molecule has 2 aromatic rings. The maximum Gasteiger partial charge on any atom is 0.146 e. The average Bonchev–Trinajstić information content (AvgIpc) is 2.81. The quantitative estimate of drug-likeness (QED) is 0.905. The highest BCUT2D eigenvalue weighted by Gasteiger charge is 2.11. The Bertz CT molecular complexity index is 500. The maximum atomic E-state index is 4.06. The minimum absolute atomic E-state index is 0.344. The Labute approximate surface area is 106 Å². The first-order valence-corrected chi connectivity index (χ1v) is 6.52. The molecule has 0 radical (unpaired) electrons. The van der Waals surface area contributed by atoms with Gasteiger partial charge in [0.05, 0.1) is 6.54 Å². The van der Waals surface area contributed by atoms with Crippen LogP contribution in [0.2, 0.25) is 0 Å². The predicted molar refractivity (Wildman–Crippen MR) is 70.1 cm³/mol. The summed E-state index contributed by atoms with van der Waals surface area (Å²) in [4.78, 5) is 2.75. The molecule has 0 fully saturated rings. The van der Waals surface area contributed by atoms with Gasteiger partial charge < -0.3 is 9.88 Å². The Balaban J connectivity index is 2.00. The van der Waals surface area contributed by atoms with E-state index in [9.17, 15) is 0 Å². The van der Waals surface area contributed by atoms with Crippen molar-refractivity contribution < 1.29 is 0 Å². The van der Waals surface area contributed by atoms with Crippen LogP contribution in [0, 0.1) is 13.8 Å². The van der Waals surface area contributed by atoms with Gasteiger partial charge >= 0.3 is 0 Å². The molecule has 2 aromatic heterocycles. The second-order valence-electron chi connectivity index (χ2n) is 4.33. The normalized spacial score (nSPS) is 12.9. The van der Waals surface area contributed by atoms with Crippen LogP contribution < -0.4 is 5.32 Å². The van der Waals surface area contributed by atoms with Crippen LogP contribution in [0.5, 0.6) is 0 Å². The number of hydrogen-bond donors (Lipinski definition) is 1. The first kappa shape index (κ1) is 12.3. The topological polar surface area (TPSA) is 42.7 Å². The standard InChI is InChI=1S/C12H18N4S/c1-8-5-11(10(3)17-8)9(2)13-6-12-15-14-7-16(12)4/h5,7,9,13H,6H2,1-4H3. The molecule has 17 heavy (non-hydrogen) atoms. The summed E-state index contributed by atoms with van der Waals surface area (Å²) in [5.74, 6) is 0.960. The van der Waals surface area contributed by atoms with E-state index >= 15 is 0 Å². The molecule has 5 heteroatoms. The van der Waals surface area contributed by atoms with Crippen molar-refractivity contribution in [2.24, 2.45) is 7.05 Å². The lowest BCUT2D eigenvalue weighted by Crippen LogP contribution is -2.20. The number of hydrogen-bond acceptors (Lipinski definition) is 4. The number of aryl methyl sites for hydroxylation is 3. The van der Waals surface area contributed by atoms with Crippen LogP contribution >= 0.6 is 11.3 Å². The molecule has 1 atom stereocenters. The van der Waals surface area contributed by atoms with Gasteiger partial charge in [-0.15, -0.1) is 21.5 Å². The molecule has 0 spiro atoms. The lowest BCUT2D eigenvalue weighted by atomic mass is 10.1. The van der Waals surface area contributed by atoms with Crippen LogP contribution in [0.3, 0.4) is 0 Å². The van der Waals surface area contributed by atoms with E-state index in [0.717, 1.165) is 12.4 Å². The van der Waals surface area contributed by atoms with E-state index in [1.165, 1.54) is 15.3 Å². The molecule has 4 nitrogen and oxygen atoms in total. The SMILES string of the molecule is Cc1cc(C(C)NCc2nncn2C)c(C)s1. The second-order valence-corrected chi connectivity index (χ2v) is 5.79. The van der Waals surface area contributed by atoms with Crippen molar-refractivity contribution >= 4 is 11.3 Å². The third-order valence-electron chi connectivity index (χ3n) is 2.92. The molecular weight excluding hydrogens is 232 g/mol. The highest BCUT2D eigenvalue weighted by molar-refractivity contribution is 7.12. The minimum Gasteiger partial charge on any atom is -0.320 e. The second kappa shape index (κ2) is 4.98. The molecule has 0 aliphatic rings. The van der Waals surface area contributed by atoms with Crippen molar-refractivity contribution in [3.63, 3.8) is 0 Å². The average molecular weight is 250 g/mol. The zero-order valence-electron chi connectivity index (χ0n) is 10.7. The summed E-state index contributed by atoms with van der Waals surface area (Å²) in [6, 6.07) is 2.60. The van der Waals surface area contributed by atoms with Gasteiger partial charge in [0, 0.05) is 22.8 Å². The number of nitrogens with one attached hydrogen (secondary N) is 1. The predicted octanol–water partition coefficient (Wildman–Crippen LogP) is 2.34. The fourth-order valence-electron chi connectivity index (χ4n) is 1.90. The number of thiophene rings is 1. The molecule has 1 N–H and O–H groups in total. The van der Waals surface area contributed by atoms with E-state index in [-0.39, 0.29) is 0 Å². The van der Waals surface area contributed by atoms with Gasteiger partial charge in [-0.3, -0.25) is 0 Å². The summed E-state index contributed by atoms with van der Waals surface area (Å²) in [7, 11) is 1.96. The summed E-state index contributed by atoms with van der Waals surface area (Å²) >= 11 is 1.85. The molecule has 2 heterocycles. The molecule has 92 valence electrons. The molecule has 0 saturated carbocycles. The maximum absolute atomic E-state index is 4.06. The summed E-state index contributed by atoms with van der Waals surface area (Å²) in [6.45, 7) is 7.25. The van der Waals surface area contributed by atoms with Crippen molar-refractivity contribution in [2.45, 2.75) is 33.4 Å². The molecule has 0 saturated heterocycles. The highest BCUT2D eigenvalue weighted by Crippen LogP contribution is 2.26. The van der Waals surface area contributed by atoms with Gasteiger partial charge in [-0.25, -0.2) is 0 Å². The monoisotopic (exact) mass is 250 g/mol. The van der Waals surface area contributed by atoms with E-state index in [1.807, 2.05) is 23.0 Å². The number of nitrogens with zero attached hydrogens (tertiary/aromatic N) is 3. The van der Waals surface area contributed by atoms with Gasteiger partial charge in [0.15, 0.2) is 0 Å². The van der Waals surface area contributed by atoms with Crippen LogP contribution in [-0.4, -0.2) is 14.8 Å². The van der Waals surface area contributed by atoms with Gasteiger partial charge in [0.2, 0.25) is 0 Å². The van der Waals surface area contributed by atoms with E-state index < -0.39 is 0 Å². The fourth-order valence-corrected chi connectivity index (χ4v) is 2.92. The molecular formula is C12H18N4S. The zero-order valence-corrected chi connectivity index (χ0v) is 11.5. The summed E-state index contributed by atoms with van der Waals surface area (Å²) in [5, 5.41) is 11.4. The highest BCUT2D eigenvalue weighted by atomic mass is 32.1. The van der Waals surface area contributed by atoms with Gasteiger partial charge in [-0.05, 0) is 32.4 Å². The van der Waals surface area contributed by atoms with Crippen molar-refractivity contribution in [1.82, 2.24) is 20.1 Å². The smallest absolute Gasteiger partial charge is 0.146 e. The first-order chi connectivity index (χ1) is 8.08. The summed E-state index contributed by atoms with van der Waals surface area (Å²) in [5.41, 5.74) is 1.38. The van der Waals surface area contributed by atoms with Crippen molar-refractivity contribution in [3.8, 4) is 0 Å². The number of rotatable bonds is 4. The molecule has 0 bridgehead atoms. The third kappa shape index (κ3) is 2.73. The molecule has 0 aliphatic carbocycles. The van der Waals surface area contributed by atoms with Crippen molar-refractivity contribution in [3.05, 3.63) is 33.5 Å². The van der Waals surface area contributed by atoms with Crippen LogP contribution in [0.1, 0.15) is 34.1 Å². The Kier molecular flexibility index (Phi) is 3.59. The van der Waals surface area contributed by atoms with Crippen LogP contribution in [-0.2, 0) is 13.6 Å². The van der Waals surface area contributed by atoms with Gasteiger partial charge in [0.1, 0.15) is 12.2 Å². The van der Waals surface area contributed by atoms with Crippen LogP contribution in [0.15, 0.2) is 12.4 Å². The molecule has 0 aliphatic heterocycles.